The molecule has 1 aliphatic rings. The zero-order valence-corrected chi connectivity index (χ0v) is 13.7. The summed E-state index contributed by atoms with van der Waals surface area (Å²) in [6.07, 6.45) is 2.79. The van der Waals surface area contributed by atoms with Crippen LogP contribution in [0.5, 0.6) is 0 Å². The van der Waals surface area contributed by atoms with Crippen LogP contribution < -0.4 is 5.32 Å². The van der Waals surface area contributed by atoms with Crippen molar-refractivity contribution in [3.8, 4) is 0 Å². The van der Waals surface area contributed by atoms with Crippen molar-refractivity contribution >= 4 is 30.7 Å². The summed E-state index contributed by atoms with van der Waals surface area (Å²) < 4.78 is 31.4. The Bertz CT molecular complexity index is 456. The zero-order chi connectivity index (χ0) is 14.5. The van der Waals surface area contributed by atoms with Gasteiger partial charge in [0.05, 0.1) is 19.8 Å². The Balaban J connectivity index is 0.00000220. The number of nitrogens with one attached hydrogen (secondary N) is 1. The van der Waals surface area contributed by atoms with Crippen LogP contribution in [0.2, 0.25) is 0 Å². The summed E-state index contributed by atoms with van der Waals surface area (Å²) in [7, 11) is 1.58. The van der Waals surface area contributed by atoms with Crippen LogP contribution >= 0.6 is 24.8 Å². The van der Waals surface area contributed by atoms with E-state index in [1.165, 1.54) is 17.3 Å². The van der Waals surface area contributed by atoms with Crippen LogP contribution in [0.4, 0.5) is 8.78 Å². The summed E-state index contributed by atoms with van der Waals surface area (Å²) in [6.45, 7) is -0.733. The number of carbonyl (C=O) groups is 1. The molecule has 1 unspecified atom stereocenters. The second kappa shape index (κ2) is 9.94. The third-order valence-corrected chi connectivity index (χ3v) is 3.18. The molecule has 1 N–H and O–H groups in total. The maximum Gasteiger partial charge on any atom is 0.319 e. The number of rotatable bonds is 5. The predicted molar refractivity (Wildman–Crippen MR) is 81.7 cm³/mol. The molecule has 0 bridgehead atoms. The topological polar surface area (TPSA) is 59.4 Å². The van der Waals surface area contributed by atoms with Gasteiger partial charge in [-0.05, 0) is 0 Å². The molecule has 1 aliphatic heterocycles. The lowest BCUT2D eigenvalue weighted by Gasteiger charge is -2.25. The lowest BCUT2D eigenvalue weighted by molar-refractivity contribution is -0.131. The molecular formula is C12H20Cl2F2N4O2. The summed E-state index contributed by atoms with van der Waals surface area (Å²) in [5, 5.41) is 3.18. The molecule has 0 saturated carbocycles. The van der Waals surface area contributed by atoms with Gasteiger partial charge in [-0.25, -0.2) is 4.98 Å². The van der Waals surface area contributed by atoms with Gasteiger partial charge in [-0.2, -0.15) is 8.78 Å². The monoisotopic (exact) mass is 360 g/mol. The summed E-state index contributed by atoms with van der Waals surface area (Å²) in [4.78, 5) is 17.3. The van der Waals surface area contributed by atoms with Crippen molar-refractivity contribution in [3.05, 3.63) is 18.2 Å². The number of carbonyl (C=O) groups excluding carboxylic acids is 1. The average molecular weight is 361 g/mol. The molecule has 22 heavy (non-hydrogen) atoms. The van der Waals surface area contributed by atoms with E-state index >= 15 is 0 Å². The summed E-state index contributed by atoms with van der Waals surface area (Å²) in [5.41, 5.74) is 0. The van der Waals surface area contributed by atoms with Gasteiger partial charge >= 0.3 is 6.55 Å². The SMILES string of the molecule is CN(Cc1nccn1C(F)F)C(=O)CC1COCCN1.Cl.Cl. The van der Waals surface area contributed by atoms with Gasteiger partial charge in [0.2, 0.25) is 5.91 Å². The molecule has 1 saturated heterocycles. The molecule has 1 aromatic heterocycles. The molecule has 1 amide bonds. The van der Waals surface area contributed by atoms with Crippen LogP contribution in [0.3, 0.4) is 0 Å². The lowest BCUT2D eigenvalue weighted by Crippen LogP contribution is -2.44. The average Bonchev–Trinajstić information content (AvgIpc) is 2.88. The maximum atomic E-state index is 12.7. The summed E-state index contributed by atoms with van der Waals surface area (Å²) >= 11 is 0. The Hall–Kier alpha value is -0.960. The molecule has 2 heterocycles. The second-order valence-corrected chi connectivity index (χ2v) is 4.71. The van der Waals surface area contributed by atoms with Crippen molar-refractivity contribution in [3.63, 3.8) is 0 Å². The van der Waals surface area contributed by atoms with Crippen LogP contribution in [0, 0.1) is 0 Å². The number of halogens is 4. The van der Waals surface area contributed by atoms with Crippen molar-refractivity contribution in [1.29, 1.82) is 0 Å². The standard InChI is InChI=1S/C12H18F2N4O2.2ClH/c1-17(7-10-16-2-4-18(10)12(13)14)11(19)6-9-8-20-5-3-15-9;;/h2,4,9,12,15H,3,5-8H2,1H3;2*1H. The van der Waals surface area contributed by atoms with E-state index in [4.69, 9.17) is 4.74 Å². The van der Waals surface area contributed by atoms with E-state index in [-0.39, 0.29) is 55.6 Å². The Kier molecular flexibility index (Phi) is 9.50. The second-order valence-electron chi connectivity index (χ2n) is 4.71. The third kappa shape index (κ3) is 5.68. The van der Waals surface area contributed by atoms with Gasteiger partial charge in [-0.15, -0.1) is 24.8 Å². The fourth-order valence-corrected chi connectivity index (χ4v) is 2.06. The van der Waals surface area contributed by atoms with Gasteiger partial charge in [-0.3, -0.25) is 9.36 Å². The molecule has 1 fully saturated rings. The van der Waals surface area contributed by atoms with E-state index in [2.05, 4.69) is 10.3 Å². The Morgan fingerprint density at radius 1 is 1.59 bits per heavy atom. The number of ether oxygens (including phenoxy) is 1. The molecule has 10 heteroatoms. The van der Waals surface area contributed by atoms with E-state index in [1.807, 2.05) is 0 Å². The minimum absolute atomic E-state index is 0. The first-order valence-corrected chi connectivity index (χ1v) is 6.43. The first-order chi connectivity index (χ1) is 9.58. The maximum absolute atomic E-state index is 12.7. The number of hydrogen-bond acceptors (Lipinski definition) is 4. The fraction of sp³-hybridized carbons (Fsp3) is 0.667. The van der Waals surface area contributed by atoms with E-state index in [0.717, 1.165) is 11.1 Å². The number of alkyl halides is 2. The highest BCUT2D eigenvalue weighted by atomic mass is 35.5. The number of imidazole rings is 1. The van der Waals surface area contributed by atoms with Crippen LogP contribution in [-0.2, 0) is 16.1 Å². The van der Waals surface area contributed by atoms with Gasteiger partial charge in [0.15, 0.2) is 0 Å². The van der Waals surface area contributed by atoms with Crippen molar-refractivity contribution < 1.29 is 18.3 Å². The minimum atomic E-state index is -2.65. The number of aromatic nitrogens is 2. The Morgan fingerprint density at radius 3 is 2.91 bits per heavy atom. The Morgan fingerprint density at radius 2 is 2.32 bits per heavy atom. The van der Waals surface area contributed by atoms with Gasteiger partial charge in [-0.1, -0.05) is 0 Å². The van der Waals surface area contributed by atoms with E-state index < -0.39 is 6.55 Å². The Labute approximate surface area is 140 Å². The van der Waals surface area contributed by atoms with Crippen molar-refractivity contribution in [2.75, 3.05) is 26.8 Å². The molecule has 1 atom stereocenters. The van der Waals surface area contributed by atoms with Crippen molar-refractivity contribution in [1.82, 2.24) is 19.8 Å². The van der Waals surface area contributed by atoms with Crippen LogP contribution in [0.25, 0.3) is 0 Å². The smallest absolute Gasteiger partial charge is 0.319 e. The highest BCUT2D eigenvalue weighted by Gasteiger charge is 2.21. The molecule has 128 valence electrons. The van der Waals surface area contributed by atoms with Crippen molar-refractivity contribution in [2.45, 2.75) is 25.6 Å². The number of nitrogens with zero attached hydrogens (tertiary/aromatic N) is 3. The van der Waals surface area contributed by atoms with Gasteiger partial charge < -0.3 is 15.0 Å². The molecule has 0 aromatic carbocycles. The van der Waals surface area contributed by atoms with E-state index in [1.54, 1.807) is 7.05 Å². The molecular weight excluding hydrogens is 341 g/mol. The molecule has 0 spiro atoms. The lowest BCUT2D eigenvalue weighted by atomic mass is 10.2. The van der Waals surface area contributed by atoms with Crippen molar-refractivity contribution in [2.24, 2.45) is 0 Å². The number of amides is 1. The van der Waals surface area contributed by atoms with Crippen LogP contribution in [0.15, 0.2) is 12.4 Å². The first-order valence-electron chi connectivity index (χ1n) is 6.43. The molecule has 6 nitrogen and oxygen atoms in total. The minimum Gasteiger partial charge on any atom is -0.378 e. The van der Waals surface area contributed by atoms with Gasteiger partial charge in [0.25, 0.3) is 0 Å². The fourth-order valence-electron chi connectivity index (χ4n) is 2.06. The van der Waals surface area contributed by atoms with Gasteiger partial charge in [0, 0.05) is 38.4 Å². The largest absolute Gasteiger partial charge is 0.378 e. The van der Waals surface area contributed by atoms with Gasteiger partial charge in [0.1, 0.15) is 5.82 Å². The first kappa shape index (κ1) is 21.0. The highest BCUT2D eigenvalue weighted by molar-refractivity contribution is 5.85. The molecule has 2 rings (SSSR count). The zero-order valence-electron chi connectivity index (χ0n) is 12.1. The summed E-state index contributed by atoms with van der Waals surface area (Å²) in [5.74, 6) is 0.0421. The van der Waals surface area contributed by atoms with E-state index in [9.17, 15) is 13.6 Å². The van der Waals surface area contributed by atoms with Crippen LogP contribution in [-0.4, -0.2) is 53.2 Å². The molecule has 1 aromatic rings. The van der Waals surface area contributed by atoms with Crippen LogP contribution in [0.1, 0.15) is 18.8 Å². The number of hydrogen-bond donors (Lipinski definition) is 1. The predicted octanol–water partition coefficient (Wildman–Crippen LogP) is 1.46. The quantitative estimate of drug-likeness (QED) is 0.863. The van der Waals surface area contributed by atoms with E-state index in [0.29, 0.717) is 13.2 Å². The summed E-state index contributed by atoms with van der Waals surface area (Å²) in [6, 6.07) is -0.0199. The molecule has 0 radical (unpaired) electrons. The normalized spacial score (nSPS) is 17.5. The highest BCUT2D eigenvalue weighted by Crippen LogP contribution is 2.14. The third-order valence-electron chi connectivity index (χ3n) is 3.18. The number of morpholine rings is 1. The molecule has 0 aliphatic carbocycles.